The van der Waals surface area contributed by atoms with Gasteiger partial charge in [0, 0.05) is 36.9 Å². The van der Waals surface area contributed by atoms with E-state index in [-0.39, 0.29) is 17.9 Å². The lowest BCUT2D eigenvalue weighted by Gasteiger charge is -2.26. The second kappa shape index (κ2) is 8.89. The number of nitrogens with zero attached hydrogens (tertiary/aromatic N) is 2. The lowest BCUT2D eigenvalue weighted by Crippen LogP contribution is -2.29. The van der Waals surface area contributed by atoms with E-state index in [0.717, 1.165) is 16.8 Å². The maximum absolute atomic E-state index is 13.1. The normalized spacial score (nSPS) is 17.6. The van der Waals surface area contributed by atoms with Crippen molar-refractivity contribution in [2.75, 3.05) is 19.0 Å². The Bertz CT molecular complexity index is 1170. The number of anilines is 1. The molecule has 3 aromatic carbocycles. The molecule has 1 heterocycles. The minimum absolute atomic E-state index is 0.0749. The van der Waals surface area contributed by atoms with Crippen LogP contribution in [0.4, 0.5) is 5.69 Å². The van der Waals surface area contributed by atoms with E-state index in [1.165, 1.54) is 4.90 Å². The summed E-state index contributed by atoms with van der Waals surface area (Å²) in [6, 6.07) is 23.0. The van der Waals surface area contributed by atoms with Gasteiger partial charge >= 0.3 is 0 Å². The summed E-state index contributed by atoms with van der Waals surface area (Å²) >= 11 is 5.98. The number of amides is 1. The molecule has 1 fully saturated rings. The molecule has 0 radical (unpaired) electrons. The molecule has 1 unspecified atom stereocenters. The predicted molar refractivity (Wildman–Crippen MR) is 127 cm³/mol. The molecule has 6 heteroatoms. The molecule has 1 amide bonds. The largest absolute Gasteiger partial charge is 0.507 e. The number of hydrogen-bond acceptors (Lipinski definition) is 4. The highest BCUT2D eigenvalue weighted by molar-refractivity contribution is 6.46. The van der Waals surface area contributed by atoms with E-state index >= 15 is 0 Å². The van der Waals surface area contributed by atoms with Gasteiger partial charge in [-0.15, -0.1) is 0 Å². The zero-order valence-corrected chi connectivity index (χ0v) is 18.6. The van der Waals surface area contributed by atoms with Crippen LogP contribution in [-0.4, -0.2) is 35.8 Å². The Morgan fingerprint density at radius 2 is 1.56 bits per heavy atom. The van der Waals surface area contributed by atoms with Crippen molar-refractivity contribution < 1.29 is 14.7 Å². The van der Waals surface area contributed by atoms with Gasteiger partial charge in [-0.05, 0) is 47.5 Å². The first kappa shape index (κ1) is 21.7. The van der Waals surface area contributed by atoms with Gasteiger partial charge in [0.1, 0.15) is 5.76 Å². The molecular weight excluding hydrogens is 424 g/mol. The lowest BCUT2D eigenvalue weighted by atomic mass is 9.95. The average Bonchev–Trinajstić information content (AvgIpc) is 3.05. The molecule has 4 rings (SSSR count). The molecule has 32 heavy (non-hydrogen) atoms. The van der Waals surface area contributed by atoms with Crippen LogP contribution in [0.25, 0.3) is 5.76 Å². The number of Topliss-reactive ketones (excluding diaryl/α,β-unsaturated/α-hetero) is 1. The molecule has 1 aliphatic heterocycles. The first-order valence-corrected chi connectivity index (χ1v) is 10.6. The summed E-state index contributed by atoms with van der Waals surface area (Å²) in [5, 5.41) is 11.6. The van der Waals surface area contributed by atoms with Gasteiger partial charge in [0.15, 0.2) is 0 Å². The number of rotatable bonds is 5. The van der Waals surface area contributed by atoms with Crippen molar-refractivity contribution in [3.05, 3.63) is 106 Å². The molecular formula is C26H23ClN2O3. The van der Waals surface area contributed by atoms with Crippen molar-refractivity contribution in [3.63, 3.8) is 0 Å². The highest BCUT2D eigenvalue weighted by atomic mass is 35.5. The van der Waals surface area contributed by atoms with E-state index in [0.29, 0.717) is 10.6 Å². The number of carbonyl (C=O) groups excluding carboxylic acids is 2. The SMILES string of the molecule is CN(C)c1ccc(C2/C(=C(/O)c3ccc(Cl)cc3)C(=O)C(=O)N2Cc2ccccc2)cc1. The topological polar surface area (TPSA) is 60.9 Å². The van der Waals surface area contributed by atoms with Crippen LogP contribution in [0.1, 0.15) is 22.7 Å². The third-order valence-corrected chi connectivity index (χ3v) is 5.83. The van der Waals surface area contributed by atoms with Gasteiger partial charge in [0.2, 0.25) is 0 Å². The molecule has 1 saturated heterocycles. The van der Waals surface area contributed by atoms with Gasteiger partial charge in [-0.1, -0.05) is 54.1 Å². The fraction of sp³-hybridized carbons (Fsp3) is 0.154. The standard InChI is InChI=1S/C26H23ClN2O3/c1-28(2)21-14-10-18(11-15-21)23-22(24(30)19-8-12-20(27)13-9-19)25(31)26(32)29(23)16-17-6-4-3-5-7-17/h3-15,23,30H,16H2,1-2H3/b24-22-. The summed E-state index contributed by atoms with van der Waals surface area (Å²) in [5.74, 6) is -1.54. The molecule has 1 aliphatic rings. The van der Waals surface area contributed by atoms with Crippen LogP contribution in [-0.2, 0) is 16.1 Å². The Kier molecular flexibility index (Phi) is 6.01. The zero-order valence-electron chi connectivity index (χ0n) is 17.8. The number of benzene rings is 3. The van der Waals surface area contributed by atoms with Crippen LogP contribution in [0.2, 0.25) is 5.02 Å². The van der Waals surface area contributed by atoms with Gasteiger partial charge in [-0.3, -0.25) is 9.59 Å². The number of halogens is 1. The molecule has 0 saturated carbocycles. The third kappa shape index (κ3) is 4.12. The first-order valence-electron chi connectivity index (χ1n) is 10.2. The average molecular weight is 447 g/mol. The molecule has 1 N–H and O–H groups in total. The summed E-state index contributed by atoms with van der Waals surface area (Å²) in [6.07, 6.45) is 0. The maximum Gasteiger partial charge on any atom is 0.295 e. The monoisotopic (exact) mass is 446 g/mol. The van der Waals surface area contributed by atoms with Crippen LogP contribution >= 0.6 is 11.6 Å². The molecule has 0 aromatic heterocycles. The Morgan fingerprint density at radius 1 is 0.938 bits per heavy atom. The van der Waals surface area contributed by atoms with E-state index in [1.54, 1.807) is 24.3 Å². The molecule has 0 aliphatic carbocycles. The molecule has 1 atom stereocenters. The minimum Gasteiger partial charge on any atom is -0.507 e. The number of aliphatic hydroxyl groups excluding tert-OH is 1. The van der Waals surface area contributed by atoms with Crippen LogP contribution in [0, 0.1) is 0 Å². The molecule has 0 bridgehead atoms. The van der Waals surface area contributed by atoms with Crippen LogP contribution in [0.15, 0.2) is 84.4 Å². The Balaban J connectivity index is 1.84. The maximum atomic E-state index is 13.1. The predicted octanol–water partition coefficient (Wildman–Crippen LogP) is 5.03. The summed E-state index contributed by atoms with van der Waals surface area (Å²) in [4.78, 5) is 29.7. The smallest absolute Gasteiger partial charge is 0.295 e. The Morgan fingerprint density at radius 3 is 2.16 bits per heavy atom. The summed E-state index contributed by atoms with van der Waals surface area (Å²) in [5.41, 5.74) is 3.15. The second-order valence-electron chi connectivity index (χ2n) is 7.91. The van der Waals surface area contributed by atoms with E-state index in [2.05, 4.69) is 0 Å². The van der Waals surface area contributed by atoms with Crippen molar-refractivity contribution in [2.45, 2.75) is 12.6 Å². The fourth-order valence-corrected chi connectivity index (χ4v) is 4.01. The van der Waals surface area contributed by atoms with Crippen LogP contribution in [0.3, 0.4) is 0 Å². The highest BCUT2D eigenvalue weighted by Gasteiger charge is 2.46. The number of ketones is 1. The molecule has 162 valence electrons. The summed E-state index contributed by atoms with van der Waals surface area (Å²) in [7, 11) is 3.88. The highest BCUT2D eigenvalue weighted by Crippen LogP contribution is 2.40. The fourth-order valence-electron chi connectivity index (χ4n) is 3.89. The quantitative estimate of drug-likeness (QED) is 0.339. The van der Waals surface area contributed by atoms with Crippen molar-refractivity contribution in [2.24, 2.45) is 0 Å². The Labute approximate surface area is 192 Å². The van der Waals surface area contributed by atoms with Crippen molar-refractivity contribution in [1.82, 2.24) is 4.90 Å². The summed E-state index contributed by atoms with van der Waals surface area (Å²) in [6.45, 7) is 0.253. The molecule has 0 spiro atoms. The van der Waals surface area contributed by atoms with E-state index in [9.17, 15) is 14.7 Å². The van der Waals surface area contributed by atoms with Gasteiger partial charge in [0.05, 0.1) is 11.6 Å². The van der Waals surface area contributed by atoms with Gasteiger partial charge in [-0.25, -0.2) is 0 Å². The van der Waals surface area contributed by atoms with Crippen molar-refractivity contribution in [3.8, 4) is 0 Å². The Hall–Kier alpha value is -3.57. The number of likely N-dealkylation sites (tertiary alicyclic amines) is 1. The van der Waals surface area contributed by atoms with Crippen molar-refractivity contribution >= 4 is 34.7 Å². The van der Waals surface area contributed by atoms with Crippen molar-refractivity contribution in [1.29, 1.82) is 0 Å². The lowest BCUT2D eigenvalue weighted by molar-refractivity contribution is -0.140. The van der Waals surface area contributed by atoms with E-state index < -0.39 is 17.7 Å². The van der Waals surface area contributed by atoms with Gasteiger partial charge in [-0.2, -0.15) is 0 Å². The summed E-state index contributed by atoms with van der Waals surface area (Å²) < 4.78 is 0. The molecule has 5 nitrogen and oxygen atoms in total. The number of aliphatic hydroxyl groups is 1. The van der Waals surface area contributed by atoms with E-state index in [1.807, 2.05) is 73.6 Å². The number of hydrogen-bond donors (Lipinski definition) is 1. The minimum atomic E-state index is -0.706. The van der Waals surface area contributed by atoms with Crippen LogP contribution < -0.4 is 4.90 Å². The zero-order chi connectivity index (χ0) is 22.8. The molecule has 3 aromatic rings. The van der Waals surface area contributed by atoms with Crippen LogP contribution in [0.5, 0.6) is 0 Å². The third-order valence-electron chi connectivity index (χ3n) is 5.58. The number of carbonyl (C=O) groups is 2. The first-order chi connectivity index (χ1) is 15.4. The second-order valence-corrected chi connectivity index (χ2v) is 8.34. The van der Waals surface area contributed by atoms with Gasteiger partial charge in [0.25, 0.3) is 11.7 Å². The van der Waals surface area contributed by atoms with Gasteiger partial charge < -0.3 is 14.9 Å². The van der Waals surface area contributed by atoms with E-state index in [4.69, 9.17) is 11.6 Å².